The lowest BCUT2D eigenvalue weighted by molar-refractivity contribution is 0.0699. The van der Waals surface area contributed by atoms with Gasteiger partial charge in [0.1, 0.15) is 16.3 Å². The van der Waals surface area contributed by atoms with E-state index >= 15 is 0 Å². The van der Waals surface area contributed by atoms with E-state index in [1.165, 1.54) is 18.4 Å². The van der Waals surface area contributed by atoms with Crippen molar-refractivity contribution in [1.82, 2.24) is 0 Å². The van der Waals surface area contributed by atoms with Crippen LogP contribution in [0.5, 0.6) is 5.75 Å². The van der Waals surface area contributed by atoms with Gasteiger partial charge in [-0.05, 0) is 66.3 Å². The summed E-state index contributed by atoms with van der Waals surface area (Å²) in [5, 5.41) is 14.5. The fraction of sp³-hybridized carbons (Fsp3) is 0.100. The van der Waals surface area contributed by atoms with Crippen LogP contribution >= 0.6 is 59.1 Å². The molecule has 1 amide bonds. The predicted octanol–water partition coefficient (Wildman–Crippen LogP) is 6.97. The first-order chi connectivity index (χ1) is 13.7. The number of hydrogen-bond donors (Lipinski definition) is 2. The largest absolute Gasteiger partial charge is 0.494 e. The fourth-order valence-electron chi connectivity index (χ4n) is 2.74. The molecule has 1 aromatic heterocycles. The number of thiophene rings is 1. The van der Waals surface area contributed by atoms with Gasteiger partial charge in [0.25, 0.3) is 5.91 Å². The van der Waals surface area contributed by atoms with Gasteiger partial charge in [-0.2, -0.15) is 0 Å². The molecule has 9 heteroatoms. The van der Waals surface area contributed by atoms with E-state index in [1.807, 2.05) is 31.2 Å². The first-order valence-electron chi connectivity index (χ1n) is 8.19. The van der Waals surface area contributed by atoms with Crippen molar-refractivity contribution in [2.45, 2.75) is 6.92 Å². The molecule has 0 bridgehead atoms. The summed E-state index contributed by atoms with van der Waals surface area (Å²) >= 11 is 11.3. The standard InChI is InChI=1S/C20H14Br3NO4S/c1-9-3-5-10(6-4-9)11-8-29-19(14(11)20(26)27)24-18(25)15-12(21)7-13(22)17(28-2)16(15)23/h3-8H,1-2H3,(H,24,25)(H,26,27). The van der Waals surface area contributed by atoms with Gasteiger partial charge in [0.2, 0.25) is 0 Å². The van der Waals surface area contributed by atoms with E-state index in [1.54, 1.807) is 11.4 Å². The number of hydrogen-bond acceptors (Lipinski definition) is 4. The van der Waals surface area contributed by atoms with Crippen molar-refractivity contribution < 1.29 is 19.4 Å². The molecule has 2 N–H and O–H groups in total. The number of carboxylic acid groups (broad SMARTS) is 1. The second kappa shape index (κ2) is 8.99. The van der Waals surface area contributed by atoms with Gasteiger partial charge in [0.05, 0.1) is 21.6 Å². The average molecular weight is 604 g/mol. The lowest BCUT2D eigenvalue weighted by Gasteiger charge is -2.13. The van der Waals surface area contributed by atoms with E-state index in [0.717, 1.165) is 11.1 Å². The molecule has 3 rings (SSSR count). The first-order valence-corrected chi connectivity index (χ1v) is 11.4. The Hall–Kier alpha value is -1.68. The molecule has 1 heterocycles. The van der Waals surface area contributed by atoms with Crippen LogP contribution in [0.1, 0.15) is 26.3 Å². The van der Waals surface area contributed by atoms with Crippen molar-refractivity contribution in [2.24, 2.45) is 0 Å². The molecule has 150 valence electrons. The Morgan fingerprint density at radius 2 is 1.72 bits per heavy atom. The van der Waals surface area contributed by atoms with E-state index in [0.29, 0.717) is 30.3 Å². The van der Waals surface area contributed by atoms with E-state index in [-0.39, 0.29) is 10.6 Å². The Kier molecular flexibility index (Phi) is 6.83. The fourth-order valence-corrected chi connectivity index (χ4v) is 6.50. The molecule has 0 atom stereocenters. The number of carbonyl (C=O) groups excluding carboxylic acids is 1. The van der Waals surface area contributed by atoms with Crippen LogP contribution in [0, 0.1) is 6.92 Å². The maximum Gasteiger partial charge on any atom is 0.339 e. The summed E-state index contributed by atoms with van der Waals surface area (Å²) in [6.07, 6.45) is 0. The van der Waals surface area contributed by atoms with Crippen molar-refractivity contribution in [3.63, 3.8) is 0 Å². The minimum atomic E-state index is -1.11. The van der Waals surface area contributed by atoms with Crippen molar-refractivity contribution in [3.8, 4) is 16.9 Å². The number of rotatable bonds is 5. The maximum absolute atomic E-state index is 13.0. The zero-order valence-corrected chi connectivity index (χ0v) is 20.8. The van der Waals surface area contributed by atoms with Crippen molar-refractivity contribution >= 4 is 76.0 Å². The van der Waals surface area contributed by atoms with Gasteiger partial charge in [-0.25, -0.2) is 4.79 Å². The molecule has 0 saturated carbocycles. The molecule has 5 nitrogen and oxygen atoms in total. The Labute approximate surface area is 196 Å². The SMILES string of the molecule is COc1c(Br)cc(Br)c(C(=O)Nc2scc(-c3ccc(C)cc3)c2C(=O)O)c1Br. The number of ether oxygens (including phenoxy) is 1. The first kappa shape index (κ1) is 22.0. The summed E-state index contributed by atoms with van der Waals surface area (Å²) in [5.41, 5.74) is 2.77. The number of aromatic carboxylic acids is 1. The van der Waals surface area contributed by atoms with E-state index in [4.69, 9.17) is 4.74 Å². The number of carboxylic acids is 1. The molecule has 2 aromatic carbocycles. The topological polar surface area (TPSA) is 75.6 Å². The smallest absolute Gasteiger partial charge is 0.339 e. The molecule has 0 unspecified atom stereocenters. The highest BCUT2D eigenvalue weighted by molar-refractivity contribution is 9.11. The van der Waals surface area contributed by atoms with E-state index in [2.05, 4.69) is 53.1 Å². The molecule has 0 fully saturated rings. The van der Waals surface area contributed by atoms with Crippen molar-refractivity contribution in [2.75, 3.05) is 12.4 Å². The van der Waals surface area contributed by atoms with Gasteiger partial charge in [0, 0.05) is 15.4 Å². The third kappa shape index (κ3) is 4.42. The number of anilines is 1. The number of methoxy groups -OCH3 is 1. The highest BCUT2D eigenvalue weighted by Crippen LogP contribution is 2.41. The highest BCUT2D eigenvalue weighted by atomic mass is 79.9. The van der Waals surface area contributed by atoms with Crippen molar-refractivity contribution in [1.29, 1.82) is 0 Å². The monoisotopic (exact) mass is 601 g/mol. The molecule has 0 aliphatic carbocycles. The summed E-state index contributed by atoms with van der Waals surface area (Å²) in [6, 6.07) is 9.26. The number of aryl methyl sites for hydroxylation is 1. The Morgan fingerprint density at radius 1 is 1.07 bits per heavy atom. The van der Waals surface area contributed by atoms with Gasteiger partial charge in [-0.15, -0.1) is 11.3 Å². The van der Waals surface area contributed by atoms with Crippen LogP contribution in [-0.4, -0.2) is 24.1 Å². The van der Waals surface area contributed by atoms with Crippen LogP contribution in [-0.2, 0) is 0 Å². The second-order valence-electron chi connectivity index (χ2n) is 6.04. The number of nitrogens with one attached hydrogen (secondary N) is 1. The Bertz CT molecular complexity index is 1110. The van der Waals surface area contributed by atoms with Crippen LogP contribution in [0.4, 0.5) is 5.00 Å². The van der Waals surface area contributed by atoms with Gasteiger partial charge in [-0.1, -0.05) is 29.8 Å². The van der Waals surface area contributed by atoms with Crippen LogP contribution in [0.15, 0.2) is 49.1 Å². The quantitative estimate of drug-likeness (QED) is 0.330. The number of benzene rings is 2. The Morgan fingerprint density at radius 3 is 2.31 bits per heavy atom. The Balaban J connectivity index is 2.02. The summed E-state index contributed by atoms with van der Waals surface area (Å²) in [6.45, 7) is 1.96. The highest BCUT2D eigenvalue weighted by Gasteiger charge is 2.25. The molecular formula is C20H14Br3NO4S. The van der Waals surface area contributed by atoms with Crippen LogP contribution < -0.4 is 10.1 Å². The van der Waals surface area contributed by atoms with Gasteiger partial charge in [0.15, 0.2) is 0 Å². The van der Waals surface area contributed by atoms with Gasteiger partial charge >= 0.3 is 5.97 Å². The van der Waals surface area contributed by atoms with Crippen LogP contribution in [0.3, 0.4) is 0 Å². The molecule has 0 radical (unpaired) electrons. The summed E-state index contributed by atoms with van der Waals surface area (Å²) < 4.78 is 6.96. The van der Waals surface area contributed by atoms with Gasteiger partial charge in [-0.3, -0.25) is 4.79 Å². The molecule has 0 aliphatic rings. The minimum absolute atomic E-state index is 0.0588. The number of amides is 1. The zero-order chi connectivity index (χ0) is 21.3. The van der Waals surface area contributed by atoms with Crippen molar-refractivity contribution in [3.05, 3.63) is 65.8 Å². The summed E-state index contributed by atoms with van der Waals surface area (Å²) in [4.78, 5) is 24.9. The molecule has 0 spiro atoms. The third-order valence-corrected chi connectivity index (χ3v) is 7.02. The summed E-state index contributed by atoms with van der Waals surface area (Å²) in [5.74, 6) is -1.11. The molecule has 29 heavy (non-hydrogen) atoms. The molecule has 0 aliphatic heterocycles. The summed E-state index contributed by atoms with van der Waals surface area (Å²) in [7, 11) is 1.50. The second-order valence-corrected chi connectivity index (χ2v) is 9.42. The van der Waals surface area contributed by atoms with E-state index in [9.17, 15) is 14.7 Å². The van der Waals surface area contributed by atoms with Gasteiger partial charge < -0.3 is 15.2 Å². The normalized spacial score (nSPS) is 10.7. The number of halogens is 3. The molecule has 3 aromatic rings. The zero-order valence-electron chi connectivity index (χ0n) is 15.2. The van der Waals surface area contributed by atoms with Crippen LogP contribution in [0.25, 0.3) is 11.1 Å². The molecule has 0 saturated heterocycles. The predicted molar refractivity (Wildman–Crippen MR) is 125 cm³/mol. The number of carbonyl (C=O) groups is 2. The lowest BCUT2D eigenvalue weighted by Crippen LogP contribution is -2.15. The molecular weight excluding hydrogens is 590 g/mol. The maximum atomic E-state index is 13.0. The lowest BCUT2D eigenvalue weighted by atomic mass is 10.0. The van der Waals surface area contributed by atoms with E-state index < -0.39 is 11.9 Å². The third-order valence-electron chi connectivity index (χ3n) is 4.15. The van der Waals surface area contributed by atoms with Crippen LogP contribution in [0.2, 0.25) is 0 Å². The minimum Gasteiger partial charge on any atom is -0.494 e. The average Bonchev–Trinajstić information content (AvgIpc) is 3.06.